The summed E-state index contributed by atoms with van der Waals surface area (Å²) in [4.78, 5) is 28.4. The van der Waals surface area contributed by atoms with Gasteiger partial charge >= 0.3 is 0 Å². The Hall–Kier alpha value is -2.99. The van der Waals surface area contributed by atoms with Gasteiger partial charge in [-0.1, -0.05) is 12.1 Å². The SMILES string of the molecule is O=C(c1ccc2nc[nH]c2c1)N1CCC[C@H](c2cccc(-c3cccs3)n2)C1. The number of amides is 1. The topological polar surface area (TPSA) is 61.9 Å². The number of pyridine rings is 1. The molecule has 1 fully saturated rings. The lowest BCUT2D eigenvalue weighted by atomic mass is 9.93. The third-order valence-electron chi connectivity index (χ3n) is 5.34. The van der Waals surface area contributed by atoms with Crippen molar-refractivity contribution in [1.82, 2.24) is 19.9 Å². The number of hydrogen-bond acceptors (Lipinski definition) is 4. The molecule has 28 heavy (non-hydrogen) atoms. The number of imidazole rings is 1. The Labute approximate surface area is 167 Å². The van der Waals surface area contributed by atoms with Crippen molar-refractivity contribution < 1.29 is 4.79 Å². The van der Waals surface area contributed by atoms with Crippen molar-refractivity contribution in [1.29, 1.82) is 0 Å². The highest BCUT2D eigenvalue weighted by molar-refractivity contribution is 7.13. The van der Waals surface area contributed by atoms with Gasteiger partial charge in [0.2, 0.25) is 0 Å². The average molecular weight is 388 g/mol. The van der Waals surface area contributed by atoms with Gasteiger partial charge in [-0.2, -0.15) is 0 Å². The largest absolute Gasteiger partial charge is 0.345 e. The Kier molecular flexibility index (Phi) is 4.41. The molecule has 0 saturated carbocycles. The summed E-state index contributed by atoms with van der Waals surface area (Å²) in [6, 6.07) is 16.0. The van der Waals surface area contributed by atoms with E-state index in [9.17, 15) is 4.79 Å². The molecule has 0 radical (unpaired) electrons. The van der Waals surface area contributed by atoms with Gasteiger partial charge in [-0.3, -0.25) is 9.78 Å². The molecule has 140 valence electrons. The van der Waals surface area contributed by atoms with Crippen molar-refractivity contribution in [2.75, 3.05) is 13.1 Å². The Morgan fingerprint density at radius 2 is 2.14 bits per heavy atom. The van der Waals surface area contributed by atoms with Crippen molar-refractivity contribution in [2.45, 2.75) is 18.8 Å². The molecule has 1 N–H and O–H groups in total. The Balaban J connectivity index is 1.37. The molecule has 4 aromatic rings. The predicted molar refractivity (Wildman–Crippen MR) is 112 cm³/mol. The van der Waals surface area contributed by atoms with Crippen LogP contribution in [0.25, 0.3) is 21.6 Å². The van der Waals surface area contributed by atoms with E-state index in [4.69, 9.17) is 4.98 Å². The van der Waals surface area contributed by atoms with Crippen LogP contribution in [0.15, 0.2) is 60.2 Å². The molecule has 0 spiro atoms. The van der Waals surface area contributed by atoms with Gasteiger partial charge in [-0.15, -0.1) is 11.3 Å². The monoisotopic (exact) mass is 388 g/mol. The lowest BCUT2D eigenvalue weighted by molar-refractivity contribution is 0.0706. The summed E-state index contributed by atoms with van der Waals surface area (Å²) >= 11 is 1.70. The van der Waals surface area contributed by atoms with Crippen molar-refractivity contribution >= 4 is 28.3 Å². The summed E-state index contributed by atoms with van der Waals surface area (Å²) in [7, 11) is 0. The average Bonchev–Trinajstić information content (AvgIpc) is 3.45. The molecular formula is C22H20N4OS. The van der Waals surface area contributed by atoms with Crippen LogP contribution < -0.4 is 0 Å². The molecule has 6 heteroatoms. The molecule has 1 aromatic carbocycles. The van der Waals surface area contributed by atoms with Crippen LogP contribution in [0.3, 0.4) is 0 Å². The van der Waals surface area contributed by atoms with E-state index in [1.165, 1.54) is 4.88 Å². The molecular weight excluding hydrogens is 368 g/mol. The van der Waals surface area contributed by atoms with Gasteiger partial charge in [-0.25, -0.2) is 4.98 Å². The maximum Gasteiger partial charge on any atom is 0.253 e. The summed E-state index contributed by atoms with van der Waals surface area (Å²) in [5, 5.41) is 2.07. The van der Waals surface area contributed by atoms with E-state index in [-0.39, 0.29) is 11.8 Å². The zero-order valence-corrected chi connectivity index (χ0v) is 16.2. The number of benzene rings is 1. The molecule has 1 aliphatic rings. The van der Waals surface area contributed by atoms with Crippen LogP contribution in [-0.4, -0.2) is 38.8 Å². The highest BCUT2D eigenvalue weighted by atomic mass is 32.1. The third-order valence-corrected chi connectivity index (χ3v) is 6.23. The second kappa shape index (κ2) is 7.20. The lowest BCUT2D eigenvalue weighted by Crippen LogP contribution is -2.39. The molecule has 1 aliphatic heterocycles. The van der Waals surface area contributed by atoms with Gasteiger partial charge in [0, 0.05) is 30.3 Å². The number of piperidine rings is 1. The smallest absolute Gasteiger partial charge is 0.253 e. The maximum atomic E-state index is 13.1. The second-order valence-electron chi connectivity index (χ2n) is 7.15. The number of carbonyl (C=O) groups excluding carboxylic acids is 1. The van der Waals surface area contributed by atoms with Crippen molar-refractivity contribution in [3.8, 4) is 10.6 Å². The van der Waals surface area contributed by atoms with Gasteiger partial charge in [0.1, 0.15) is 0 Å². The lowest BCUT2D eigenvalue weighted by Gasteiger charge is -2.32. The first-order chi connectivity index (χ1) is 13.8. The van der Waals surface area contributed by atoms with E-state index in [2.05, 4.69) is 39.6 Å². The third kappa shape index (κ3) is 3.20. The molecule has 1 saturated heterocycles. The molecule has 5 rings (SSSR count). The fourth-order valence-electron chi connectivity index (χ4n) is 3.89. The minimum Gasteiger partial charge on any atom is -0.345 e. The fourth-order valence-corrected chi connectivity index (χ4v) is 4.59. The summed E-state index contributed by atoms with van der Waals surface area (Å²) in [6.07, 6.45) is 3.71. The van der Waals surface area contributed by atoms with E-state index >= 15 is 0 Å². The van der Waals surface area contributed by atoms with Crippen molar-refractivity contribution in [3.05, 3.63) is 71.5 Å². The Morgan fingerprint density at radius 1 is 1.18 bits per heavy atom. The number of aromatic amines is 1. The van der Waals surface area contributed by atoms with Gasteiger partial charge in [0.25, 0.3) is 5.91 Å². The van der Waals surface area contributed by atoms with E-state index in [0.29, 0.717) is 12.1 Å². The number of likely N-dealkylation sites (tertiary alicyclic amines) is 1. The Bertz CT molecular complexity index is 1120. The summed E-state index contributed by atoms with van der Waals surface area (Å²) < 4.78 is 0. The number of rotatable bonds is 3. The van der Waals surface area contributed by atoms with Crippen LogP contribution in [-0.2, 0) is 0 Å². The number of thiophene rings is 1. The molecule has 0 aliphatic carbocycles. The van der Waals surface area contributed by atoms with E-state index in [1.54, 1.807) is 17.7 Å². The van der Waals surface area contributed by atoms with Crippen LogP contribution in [0.5, 0.6) is 0 Å². The van der Waals surface area contributed by atoms with Crippen molar-refractivity contribution in [3.63, 3.8) is 0 Å². The van der Waals surface area contributed by atoms with Crippen molar-refractivity contribution in [2.24, 2.45) is 0 Å². The van der Waals surface area contributed by atoms with Crippen LogP contribution in [0, 0.1) is 0 Å². The quantitative estimate of drug-likeness (QED) is 0.553. The molecule has 5 nitrogen and oxygen atoms in total. The number of hydrogen-bond donors (Lipinski definition) is 1. The fraction of sp³-hybridized carbons (Fsp3) is 0.227. The number of H-pyrrole nitrogens is 1. The number of aromatic nitrogens is 3. The molecule has 0 unspecified atom stereocenters. The summed E-state index contributed by atoms with van der Waals surface area (Å²) in [5.41, 5.74) is 4.57. The van der Waals surface area contributed by atoms with E-state index < -0.39 is 0 Å². The first kappa shape index (κ1) is 17.1. The Morgan fingerprint density at radius 3 is 3.04 bits per heavy atom. The van der Waals surface area contributed by atoms with E-state index in [1.807, 2.05) is 29.2 Å². The minimum atomic E-state index is 0.0793. The molecule has 0 bridgehead atoms. The molecule has 1 atom stereocenters. The zero-order chi connectivity index (χ0) is 18.9. The first-order valence-corrected chi connectivity index (χ1v) is 10.4. The molecule has 3 aromatic heterocycles. The summed E-state index contributed by atoms with van der Waals surface area (Å²) in [5.74, 6) is 0.351. The van der Waals surface area contributed by atoms with E-state index in [0.717, 1.165) is 41.8 Å². The highest BCUT2D eigenvalue weighted by Crippen LogP contribution is 2.30. The predicted octanol–water partition coefficient (Wildman–Crippen LogP) is 4.71. The first-order valence-electron chi connectivity index (χ1n) is 9.51. The maximum absolute atomic E-state index is 13.1. The van der Waals surface area contributed by atoms with Gasteiger partial charge in [0.15, 0.2) is 0 Å². The minimum absolute atomic E-state index is 0.0793. The zero-order valence-electron chi connectivity index (χ0n) is 15.3. The van der Waals surface area contributed by atoms with Crippen LogP contribution in [0.4, 0.5) is 0 Å². The van der Waals surface area contributed by atoms with Crippen LogP contribution >= 0.6 is 11.3 Å². The van der Waals surface area contributed by atoms with Crippen LogP contribution in [0.2, 0.25) is 0 Å². The molecule has 1 amide bonds. The number of nitrogens with one attached hydrogen (secondary N) is 1. The van der Waals surface area contributed by atoms with Gasteiger partial charge < -0.3 is 9.88 Å². The molecule has 4 heterocycles. The summed E-state index contributed by atoms with van der Waals surface area (Å²) in [6.45, 7) is 1.50. The number of nitrogens with zero attached hydrogens (tertiary/aromatic N) is 3. The standard InChI is InChI=1S/C22H20N4OS/c27-22(15-8-9-18-20(12-15)24-14-23-18)26-10-2-4-16(13-26)17-5-1-6-19(25-17)21-7-3-11-28-21/h1,3,5-9,11-12,14,16H,2,4,10,13H2,(H,23,24)/t16-/m0/s1. The number of carbonyl (C=O) groups is 1. The van der Waals surface area contributed by atoms with Gasteiger partial charge in [-0.05, 0) is 54.6 Å². The second-order valence-corrected chi connectivity index (χ2v) is 8.10. The highest BCUT2D eigenvalue weighted by Gasteiger charge is 2.26. The number of fused-ring (bicyclic) bond motifs is 1. The van der Waals surface area contributed by atoms with Crippen LogP contribution in [0.1, 0.15) is 34.8 Å². The van der Waals surface area contributed by atoms with Gasteiger partial charge in [0.05, 0.1) is 27.9 Å². The normalized spacial score (nSPS) is 17.1.